The molecule has 0 bridgehead atoms. The number of hydroxylamine groups is 1. The van der Waals surface area contributed by atoms with Gasteiger partial charge in [-0.05, 0) is 5.56 Å². The summed E-state index contributed by atoms with van der Waals surface area (Å²) in [6, 6.07) is 9.20. The highest BCUT2D eigenvalue weighted by Crippen LogP contribution is 2.00. The van der Waals surface area contributed by atoms with E-state index >= 15 is 0 Å². The quantitative estimate of drug-likeness (QED) is 0.846. The summed E-state index contributed by atoms with van der Waals surface area (Å²) in [6.07, 6.45) is -0.593. The van der Waals surface area contributed by atoms with Crippen molar-refractivity contribution in [3.63, 3.8) is 0 Å². The maximum atomic E-state index is 11.0. The number of hydrogen-bond donors (Lipinski definition) is 1. The van der Waals surface area contributed by atoms with Gasteiger partial charge in [0.05, 0.1) is 0 Å². The minimum absolute atomic E-state index is 0. The maximum Gasteiger partial charge on any atom is 0.441 e. The zero-order valence-corrected chi connectivity index (χ0v) is 10.2. The van der Waals surface area contributed by atoms with Crippen LogP contribution in [0.2, 0.25) is 0 Å². The molecule has 6 heteroatoms. The molecule has 17 heavy (non-hydrogen) atoms. The number of hydrogen-bond acceptors (Lipinski definition) is 4. The molecule has 0 fully saturated rings. The second kappa shape index (κ2) is 8.41. The molecule has 0 radical (unpaired) electrons. The lowest BCUT2D eigenvalue weighted by Gasteiger charge is -2.06. The summed E-state index contributed by atoms with van der Waals surface area (Å²) in [6.45, 7) is 1.76. The summed E-state index contributed by atoms with van der Waals surface area (Å²) in [5.74, 6) is -0.517. The van der Waals surface area contributed by atoms with E-state index in [-0.39, 0.29) is 25.4 Å². The summed E-state index contributed by atoms with van der Waals surface area (Å²) < 4.78 is 4.80. The standard InChI is InChI=1S/C11H13NO4.ClH/c1-2-10(13)16-12-11(14)15-8-9-6-4-3-5-7-9;/h3-7H,2,8H2,1H3,(H,12,14);1H. The highest BCUT2D eigenvalue weighted by Gasteiger charge is 2.05. The van der Waals surface area contributed by atoms with Crippen molar-refractivity contribution in [2.24, 2.45) is 0 Å². The Hall–Kier alpha value is -1.75. The van der Waals surface area contributed by atoms with Crippen molar-refractivity contribution in [3.05, 3.63) is 35.9 Å². The molecule has 1 aromatic rings. The number of carbonyl (C=O) groups is 2. The summed E-state index contributed by atoms with van der Waals surface area (Å²) in [5.41, 5.74) is 2.75. The lowest BCUT2D eigenvalue weighted by atomic mass is 10.2. The number of nitrogens with one attached hydrogen (secondary N) is 1. The van der Waals surface area contributed by atoms with Crippen molar-refractivity contribution in [1.82, 2.24) is 5.48 Å². The number of amides is 1. The first-order chi connectivity index (χ1) is 7.72. The van der Waals surface area contributed by atoms with Crippen LogP contribution in [0.25, 0.3) is 0 Å². The Labute approximate surface area is 105 Å². The third-order valence-electron chi connectivity index (χ3n) is 1.75. The summed E-state index contributed by atoms with van der Waals surface area (Å²) in [4.78, 5) is 26.1. The lowest BCUT2D eigenvalue weighted by molar-refractivity contribution is -0.149. The molecule has 0 saturated carbocycles. The largest absolute Gasteiger partial charge is 0.443 e. The molecule has 1 aromatic carbocycles. The van der Waals surface area contributed by atoms with E-state index in [1.807, 2.05) is 35.8 Å². The maximum absolute atomic E-state index is 11.0. The average molecular weight is 260 g/mol. The fourth-order valence-corrected chi connectivity index (χ4v) is 0.923. The van der Waals surface area contributed by atoms with Crippen LogP contribution < -0.4 is 5.48 Å². The van der Waals surface area contributed by atoms with Crippen LogP contribution in [0.15, 0.2) is 30.3 Å². The topological polar surface area (TPSA) is 64.6 Å². The Bertz CT molecular complexity index is 356. The summed E-state index contributed by atoms with van der Waals surface area (Å²) in [7, 11) is 0. The molecule has 0 aliphatic carbocycles. The van der Waals surface area contributed by atoms with Gasteiger partial charge in [-0.1, -0.05) is 37.3 Å². The van der Waals surface area contributed by atoms with E-state index in [9.17, 15) is 9.59 Å². The van der Waals surface area contributed by atoms with Gasteiger partial charge in [-0.25, -0.2) is 9.59 Å². The third-order valence-corrected chi connectivity index (χ3v) is 1.75. The van der Waals surface area contributed by atoms with Crippen molar-refractivity contribution in [3.8, 4) is 0 Å². The van der Waals surface area contributed by atoms with Gasteiger partial charge in [-0.2, -0.15) is 0 Å². The van der Waals surface area contributed by atoms with E-state index in [4.69, 9.17) is 4.74 Å². The minimum Gasteiger partial charge on any atom is -0.443 e. The van der Waals surface area contributed by atoms with E-state index in [1.165, 1.54) is 0 Å². The monoisotopic (exact) mass is 259 g/mol. The molecule has 0 aliphatic heterocycles. The smallest absolute Gasteiger partial charge is 0.441 e. The van der Waals surface area contributed by atoms with Gasteiger partial charge >= 0.3 is 12.1 Å². The van der Waals surface area contributed by atoms with E-state index < -0.39 is 12.1 Å². The molecule has 0 aliphatic rings. The van der Waals surface area contributed by atoms with Gasteiger partial charge in [-0.3, -0.25) is 0 Å². The summed E-state index contributed by atoms with van der Waals surface area (Å²) >= 11 is 0. The predicted octanol–water partition coefficient (Wildman–Crippen LogP) is 2.20. The van der Waals surface area contributed by atoms with Crippen LogP contribution in [0.3, 0.4) is 0 Å². The zero-order chi connectivity index (χ0) is 11.8. The Balaban J connectivity index is 0.00000256. The van der Waals surface area contributed by atoms with Crippen LogP contribution in [0.1, 0.15) is 18.9 Å². The van der Waals surface area contributed by atoms with Crippen molar-refractivity contribution >= 4 is 24.5 Å². The second-order valence-electron chi connectivity index (χ2n) is 2.99. The van der Waals surface area contributed by atoms with Crippen molar-refractivity contribution < 1.29 is 19.2 Å². The molecule has 0 aromatic heterocycles. The van der Waals surface area contributed by atoms with E-state index in [2.05, 4.69) is 4.84 Å². The van der Waals surface area contributed by atoms with Gasteiger partial charge in [-0.15, -0.1) is 17.9 Å². The first kappa shape index (κ1) is 15.2. The van der Waals surface area contributed by atoms with Gasteiger partial charge in [0.2, 0.25) is 0 Å². The Morgan fingerprint density at radius 3 is 2.47 bits per heavy atom. The van der Waals surface area contributed by atoms with E-state index in [0.717, 1.165) is 5.56 Å². The van der Waals surface area contributed by atoms with Crippen molar-refractivity contribution in [1.29, 1.82) is 0 Å². The number of halogens is 1. The van der Waals surface area contributed by atoms with Gasteiger partial charge in [0.15, 0.2) is 0 Å². The Morgan fingerprint density at radius 1 is 1.24 bits per heavy atom. The van der Waals surface area contributed by atoms with Crippen LogP contribution in [0.5, 0.6) is 0 Å². The second-order valence-corrected chi connectivity index (χ2v) is 2.99. The van der Waals surface area contributed by atoms with Crippen LogP contribution >= 0.6 is 12.4 Å². The van der Waals surface area contributed by atoms with E-state index in [1.54, 1.807) is 6.92 Å². The molecule has 5 nitrogen and oxygen atoms in total. The van der Waals surface area contributed by atoms with Crippen molar-refractivity contribution in [2.45, 2.75) is 20.0 Å². The minimum atomic E-state index is -0.786. The lowest BCUT2D eigenvalue weighted by Crippen LogP contribution is -2.27. The average Bonchev–Trinajstić information content (AvgIpc) is 2.34. The van der Waals surface area contributed by atoms with Crippen LogP contribution in [0.4, 0.5) is 4.79 Å². The highest BCUT2D eigenvalue weighted by molar-refractivity contribution is 5.85. The normalized spacial score (nSPS) is 8.76. The molecule has 0 spiro atoms. The van der Waals surface area contributed by atoms with Gasteiger partial charge in [0.25, 0.3) is 0 Å². The number of carbonyl (C=O) groups excluding carboxylic acids is 2. The van der Waals surface area contributed by atoms with Gasteiger partial charge in [0.1, 0.15) is 6.61 Å². The molecule has 0 atom stereocenters. The van der Waals surface area contributed by atoms with Crippen LogP contribution in [-0.2, 0) is 21.0 Å². The van der Waals surface area contributed by atoms with Gasteiger partial charge in [0, 0.05) is 6.42 Å². The SMILES string of the molecule is CCC(=O)ONC(=O)OCc1ccccc1.Cl. The number of ether oxygens (including phenoxy) is 1. The molecule has 94 valence electrons. The first-order valence-corrected chi connectivity index (χ1v) is 4.88. The fourth-order valence-electron chi connectivity index (χ4n) is 0.923. The highest BCUT2D eigenvalue weighted by atomic mass is 35.5. The van der Waals surface area contributed by atoms with E-state index in [0.29, 0.717) is 0 Å². The summed E-state index contributed by atoms with van der Waals surface area (Å²) in [5, 5.41) is 0. The number of benzene rings is 1. The molecule has 1 amide bonds. The zero-order valence-electron chi connectivity index (χ0n) is 9.34. The van der Waals surface area contributed by atoms with Crippen LogP contribution in [0, 0.1) is 0 Å². The molecule has 1 rings (SSSR count). The molecule has 0 saturated heterocycles. The third kappa shape index (κ3) is 6.42. The van der Waals surface area contributed by atoms with Crippen molar-refractivity contribution in [2.75, 3.05) is 0 Å². The van der Waals surface area contributed by atoms with Gasteiger partial charge < -0.3 is 9.57 Å². The Kier molecular flexibility index (Phi) is 7.54. The Morgan fingerprint density at radius 2 is 1.88 bits per heavy atom. The number of rotatable bonds is 3. The molecule has 1 N–H and O–H groups in total. The fraction of sp³-hybridized carbons (Fsp3) is 0.273. The van der Waals surface area contributed by atoms with Crippen LogP contribution in [-0.4, -0.2) is 12.1 Å². The molecule has 0 unspecified atom stereocenters. The molecular weight excluding hydrogens is 246 g/mol. The first-order valence-electron chi connectivity index (χ1n) is 4.88. The molecule has 0 heterocycles. The predicted molar refractivity (Wildman–Crippen MR) is 63.4 cm³/mol. The molecular formula is C11H14ClNO4.